The molecule has 0 spiro atoms. The van der Waals surface area contributed by atoms with Gasteiger partial charge in [-0.15, -0.1) is 0 Å². The minimum Gasteiger partial charge on any atom is -0.459 e. The topological polar surface area (TPSA) is 72.7 Å². The maximum atomic E-state index is 6.01. The summed E-state index contributed by atoms with van der Waals surface area (Å²) in [6.07, 6.45) is 3.62. The van der Waals surface area contributed by atoms with E-state index in [0.29, 0.717) is 22.6 Å². The van der Waals surface area contributed by atoms with Crippen molar-refractivity contribution in [2.24, 2.45) is 0 Å². The van der Waals surface area contributed by atoms with Crippen LogP contribution in [0.25, 0.3) is 11.3 Å². The standard InChI is InChI=1S/C31H34ClN7OS/c32-24-11-9-23(10-12-24)27-14-13-26(40-27)22-33-31(41)36-30-34-28(38-15-5-2-6-16-38)21-29(35-30)39-19-17-37(18-20-39)25-7-3-1-4-8-25/h1,3-4,7-14,21H,2,5-6,15-20,22H2,(H2,33,34,35,36,41). The number of halogens is 1. The molecule has 212 valence electrons. The molecular formula is C31H34ClN7OS. The van der Waals surface area contributed by atoms with Gasteiger partial charge in [0.2, 0.25) is 5.95 Å². The van der Waals surface area contributed by atoms with Crippen LogP contribution in [0, 0.1) is 0 Å². The van der Waals surface area contributed by atoms with Crippen molar-refractivity contribution in [3.63, 3.8) is 0 Å². The Morgan fingerprint density at radius 3 is 2.15 bits per heavy atom. The van der Waals surface area contributed by atoms with Crippen molar-refractivity contribution in [2.45, 2.75) is 25.8 Å². The maximum Gasteiger partial charge on any atom is 0.232 e. The third kappa shape index (κ3) is 6.92. The van der Waals surface area contributed by atoms with Crippen molar-refractivity contribution in [1.82, 2.24) is 15.3 Å². The number of hydrogen-bond acceptors (Lipinski definition) is 7. The summed E-state index contributed by atoms with van der Waals surface area (Å²) < 4.78 is 6.01. The summed E-state index contributed by atoms with van der Waals surface area (Å²) in [5, 5.41) is 7.61. The van der Waals surface area contributed by atoms with E-state index in [1.54, 1.807) is 0 Å². The third-order valence-corrected chi connectivity index (χ3v) is 8.04. The summed E-state index contributed by atoms with van der Waals surface area (Å²) in [5.41, 5.74) is 2.24. The first-order chi connectivity index (χ1) is 20.1. The second-order valence-electron chi connectivity index (χ2n) is 10.3. The Hall–Kier alpha value is -3.82. The first-order valence-corrected chi connectivity index (χ1v) is 15.0. The maximum absolute atomic E-state index is 6.01. The highest BCUT2D eigenvalue weighted by Crippen LogP contribution is 2.27. The van der Waals surface area contributed by atoms with E-state index in [-0.39, 0.29) is 0 Å². The van der Waals surface area contributed by atoms with E-state index in [4.69, 9.17) is 38.2 Å². The number of nitrogens with zero attached hydrogens (tertiary/aromatic N) is 5. The van der Waals surface area contributed by atoms with Crippen LogP contribution in [0.2, 0.25) is 5.02 Å². The van der Waals surface area contributed by atoms with Crippen molar-refractivity contribution in [2.75, 3.05) is 59.3 Å². The van der Waals surface area contributed by atoms with E-state index >= 15 is 0 Å². The predicted molar refractivity (Wildman–Crippen MR) is 171 cm³/mol. The van der Waals surface area contributed by atoms with E-state index in [0.717, 1.165) is 68.0 Å². The normalized spacial score (nSPS) is 15.6. The number of anilines is 4. The van der Waals surface area contributed by atoms with Crippen molar-refractivity contribution in [1.29, 1.82) is 0 Å². The minimum absolute atomic E-state index is 0.444. The average molecular weight is 588 g/mol. The van der Waals surface area contributed by atoms with Gasteiger partial charge in [-0.25, -0.2) is 0 Å². The third-order valence-electron chi connectivity index (χ3n) is 7.54. The Morgan fingerprint density at radius 2 is 1.44 bits per heavy atom. The molecule has 2 N–H and O–H groups in total. The van der Waals surface area contributed by atoms with Crippen LogP contribution >= 0.6 is 23.8 Å². The van der Waals surface area contributed by atoms with Crippen LogP contribution in [-0.4, -0.2) is 54.3 Å². The smallest absolute Gasteiger partial charge is 0.232 e. The minimum atomic E-state index is 0.444. The Bertz CT molecular complexity index is 1450. The molecule has 2 aliphatic rings. The molecule has 6 rings (SSSR count). The number of para-hydroxylation sites is 1. The summed E-state index contributed by atoms with van der Waals surface area (Å²) >= 11 is 11.6. The Balaban J connectivity index is 1.12. The summed E-state index contributed by atoms with van der Waals surface area (Å²) in [5.74, 6) is 3.94. The van der Waals surface area contributed by atoms with E-state index < -0.39 is 0 Å². The lowest BCUT2D eigenvalue weighted by Crippen LogP contribution is -2.47. The van der Waals surface area contributed by atoms with E-state index in [1.807, 2.05) is 36.4 Å². The quantitative estimate of drug-likeness (QED) is 0.246. The molecule has 0 atom stereocenters. The molecule has 0 radical (unpaired) electrons. The largest absolute Gasteiger partial charge is 0.459 e. The van der Waals surface area contributed by atoms with Gasteiger partial charge in [-0.3, -0.25) is 0 Å². The fourth-order valence-electron chi connectivity index (χ4n) is 5.31. The first-order valence-electron chi connectivity index (χ1n) is 14.2. The lowest BCUT2D eigenvalue weighted by molar-refractivity contribution is 0.516. The molecule has 4 heterocycles. The van der Waals surface area contributed by atoms with Gasteiger partial charge in [0.1, 0.15) is 23.2 Å². The van der Waals surface area contributed by atoms with E-state index in [1.165, 1.54) is 24.9 Å². The molecule has 8 nitrogen and oxygen atoms in total. The van der Waals surface area contributed by atoms with E-state index in [9.17, 15) is 0 Å². The second-order valence-corrected chi connectivity index (χ2v) is 11.2. The lowest BCUT2D eigenvalue weighted by atomic mass is 10.1. The monoisotopic (exact) mass is 587 g/mol. The number of rotatable bonds is 7. The molecule has 0 bridgehead atoms. The van der Waals surface area contributed by atoms with Crippen LogP contribution < -0.4 is 25.3 Å². The first kappa shape index (κ1) is 27.4. The fraction of sp³-hybridized carbons (Fsp3) is 0.323. The molecule has 4 aromatic rings. The molecule has 2 aromatic heterocycles. The van der Waals surface area contributed by atoms with Gasteiger partial charge in [-0.05, 0) is 80.0 Å². The molecule has 0 amide bonds. The molecule has 2 aliphatic heterocycles. The summed E-state index contributed by atoms with van der Waals surface area (Å²) in [7, 11) is 0. The molecular weight excluding hydrogens is 554 g/mol. The number of aromatic nitrogens is 2. The SMILES string of the molecule is S=C(NCc1ccc(-c2ccc(Cl)cc2)o1)Nc1nc(N2CCCCC2)cc(N2CCN(c3ccccc3)CC2)n1. The number of nitrogens with one attached hydrogen (secondary N) is 2. The van der Waals surface area contributed by atoms with Crippen LogP contribution in [0.1, 0.15) is 25.0 Å². The molecule has 2 fully saturated rings. The Labute approximate surface area is 251 Å². The van der Waals surface area contributed by atoms with Gasteiger partial charge >= 0.3 is 0 Å². The van der Waals surface area contributed by atoms with Crippen molar-refractivity contribution in [3.8, 4) is 11.3 Å². The Morgan fingerprint density at radius 1 is 0.780 bits per heavy atom. The highest BCUT2D eigenvalue weighted by atomic mass is 35.5. The molecule has 41 heavy (non-hydrogen) atoms. The number of piperidine rings is 1. The number of benzene rings is 2. The highest BCUT2D eigenvalue weighted by Gasteiger charge is 2.22. The number of furan rings is 1. The van der Waals surface area contributed by atoms with Gasteiger partial charge < -0.3 is 29.8 Å². The van der Waals surface area contributed by atoms with Gasteiger partial charge in [0, 0.05) is 61.6 Å². The van der Waals surface area contributed by atoms with Gasteiger partial charge in [0.15, 0.2) is 5.11 Å². The summed E-state index contributed by atoms with van der Waals surface area (Å²) in [6.45, 7) is 6.13. The molecule has 2 aromatic carbocycles. The zero-order valence-electron chi connectivity index (χ0n) is 22.9. The molecule has 0 unspecified atom stereocenters. The number of hydrogen-bond donors (Lipinski definition) is 2. The van der Waals surface area contributed by atoms with Crippen LogP contribution in [0.3, 0.4) is 0 Å². The van der Waals surface area contributed by atoms with Gasteiger partial charge in [-0.1, -0.05) is 29.8 Å². The lowest BCUT2D eigenvalue weighted by Gasteiger charge is -2.37. The van der Waals surface area contributed by atoms with Crippen LogP contribution in [0.4, 0.5) is 23.3 Å². The van der Waals surface area contributed by atoms with E-state index in [2.05, 4.69) is 61.7 Å². The summed E-state index contributed by atoms with van der Waals surface area (Å²) in [6, 6.07) is 24.2. The zero-order chi connectivity index (χ0) is 28.0. The fourth-order valence-corrected chi connectivity index (χ4v) is 5.60. The molecule has 0 saturated carbocycles. The average Bonchev–Trinajstić information content (AvgIpc) is 3.50. The van der Waals surface area contributed by atoms with Crippen LogP contribution in [0.15, 0.2) is 77.2 Å². The number of piperazine rings is 1. The second kappa shape index (κ2) is 12.8. The van der Waals surface area contributed by atoms with Gasteiger partial charge in [0.25, 0.3) is 0 Å². The molecule has 0 aliphatic carbocycles. The van der Waals surface area contributed by atoms with Crippen molar-refractivity contribution >= 4 is 52.2 Å². The zero-order valence-corrected chi connectivity index (χ0v) is 24.5. The molecule has 10 heteroatoms. The number of thiocarbonyl (C=S) groups is 1. The van der Waals surface area contributed by atoms with Gasteiger partial charge in [-0.2, -0.15) is 9.97 Å². The van der Waals surface area contributed by atoms with Gasteiger partial charge in [0.05, 0.1) is 6.54 Å². The van der Waals surface area contributed by atoms with Crippen LogP contribution in [-0.2, 0) is 6.54 Å². The highest BCUT2D eigenvalue weighted by molar-refractivity contribution is 7.80. The Kier molecular flexibility index (Phi) is 8.53. The predicted octanol–water partition coefficient (Wildman–Crippen LogP) is 6.19. The summed E-state index contributed by atoms with van der Waals surface area (Å²) in [4.78, 5) is 16.9. The molecule has 2 saturated heterocycles. The van der Waals surface area contributed by atoms with Crippen LogP contribution in [0.5, 0.6) is 0 Å². The van der Waals surface area contributed by atoms with Crippen molar-refractivity contribution < 1.29 is 4.42 Å². The van der Waals surface area contributed by atoms with Crippen molar-refractivity contribution in [3.05, 3.63) is 83.6 Å².